The number of aryl methyl sites for hydroxylation is 2. The summed E-state index contributed by atoms with van der Waals surface area (Å²) >= 11 is 0. The maximum absolute atomic E-state index is 2.53. The van der Waals surface area contributed by atoms with Crippen molar-refractivity contribution in [1.82, 2.24) is 4.57 Å². The molecule has 0 radical (unpaired) electrons. The zero-order chi connectivity index (χ0) is 19.7. The van der Waals surface area contributed by atoms with Crippen LogP contribution in [-0.2, 0) is 13.1 Å². The van der Waals surface area contributed by atoms with E-state index in [-0.39, 0.29) is 0 Å². The topological polar surface area (TPSA) is 8.81 Å². The van der Waals surface area contributed by atoms with E-state index in [0.29, 0.717) is 5.92 Å². The smallest absolute Gasteiger partial charge is 0.234 e. The molecule has 0 N–H and O–H groups in total. The van der Waals surface area contributed by atoms with Gasteiger partial charge >= 0.3 is 0 Å². The number of nitrogens with zero attached hydrogens (tertiary/aromatic N) is 2. The molecule has 0 unspecified atom stereocenters. The molecule has 0 fully saturated rings. The zero-order valence-corrected chi connectivity index (χ0v) is 19.1. The Labute approximate surface area is 170 Å². The van der Waals surface area contributed by atoms with Gasteiger partial charge in [-0.15, -0.1) is 0 Å². The second-order valence-electron chi connectivity index (χ2n) is 8.79. The van der Waals surface area contributed by atoms with Crippen LogP contribution in [0.25, 0.3) is 0 Å². The number of imidazole rings is 1. The summed E-state index contributed by atoms with van der Waals surface area (Å²) in [5.41, 5.74) is 0. The Morgan fingerprint density at radius 3 is 1.70 bits per heavy atom. The van der Waals surface area contributed by atoms with Gasteiger partial charge in [-0.25, -0.2) is 9.13 Å². The van der Waals surface area contributed by atoms with Gasteiger partial charge in [0.1, 0.15) is 12.4 Å². The number of hydrogen-bond donors (Lipinski definition) is 0. The Balaban J connectivity index is 2.22. The van der Waals surface area contributed by atoms with Gasteiger partial charge in [-0.05, 0) is 25.7 Å². The lowest BCUT2D eigenvalue weighted by Crippen LogP contribution is -2.38. The first-order chi connectivity index (χ1) is 13.2. The van der Waals surface area contributed by atoms with Gasteiger partial charge in [0.2, 0.25) is 0 Å². The first-order valence-corrected chi connectivity index (χ1v) is 12.3. The first-order valence-electron chi connectivity index (χ1n) is 12.3. The minimum atomic E-state index is 0.610. The van der Waals surface area contributed by atoms with Crippen molar-refractivity contribution in [2.45, 2.75) is 143 Å². The average Bonchev–Trinajstić information content (AvgIpc) is 3.06. The van der Waals surface area contributed by atoms with Crippen LogP contribution in [0.4, 0.5) is 0 Å². The Hall–Kier alpha value is -0.790. The largest absolute Gasteiger partial charge is 0.258 e. The van der Waals surface area contributed by atoms with E-state index < -0.39 is 0 Å². The van der Waals surface area contributed by atoms with Gasteiger partial charge in [-0.3, -0.25) is 0 Å². The van der Waals surface area contributed by atoms with Crippen LogP contribution in [0, 0.1) is 0 Å². The van der Waals surface area contributed by atoms with E-state index in [1.807, 2.05) is 0 Å². The fraction of sp³-hybridized carbons (Fsp3) is 0.880. The van der Waals surface area contributed by atoms with Crippen LogP contribution in [-0.4, -0.2) is 4.57 Å². The molecule has 1 heterocycles. The minimum Gasteiger partial charge on any atom is -0.234 e. The SMILES string of the molecule is CCCCCCCCCCCCn1cc[n+](CCCCCCC)c1C(C)C. The molecular formula is C25H49N2+. The molecule has 0 aliphatic carbocycles. The molecule has 27 heavy (non-hydrogen) atoms. The van der Waals surface area contributed by atoms with Crippen molar-refractivity contribution in [2.75, 3.05) is 0 Å². The molecular weight excluding hydrogens is 328 g/mol. The summed E-state index contributed by atoms with van der Waals surface area (Å²) in [6.45, 7) is 11.7. The summed E-state index contributed by atoms with van der Waals surface area (Å²) in [7, 11) is 0. The molecule has 1 aromatic heterocycles. The molecule has 0 aromatic carbocycles. The van der Waals surface area contributed by atoms with Crippen LogP contribution < -0.4 is 4.57 Å². The van der Waals surface area contributed by atoms with E-state index in [0.717, 1.165) is 0 Å². The lowest BCUT2D eigenvalue weighted by molar-refractivity contribution is -0.705. The molecule has 0 aliphatic rings. The van der Waals surface area contributed by atoms with Crippen LogP contribution in [0.2, 0.25) is 0 Å². The van der Waals surface area contributed by atoms with Crippen molar-refractivity contribution in [2.24, 2.45) is 0 Å². The molecule has 2 heteroatoms. The second-order valence-corrected chi connectivity index (χ2v) is 8.79. The third kappa shape index (κ3) is 11.0. The van der Waals surface area contributed by atoms with E-state index in [2.05, 4.69) is 49.2 Å². The van der Waals surface area contributed by atoms with Crippen LogP contribution in [0.1, 0.15) is 136 Å². The van der Waals surface area contributed by atoms with Gasteiger partial charge in [0.15, 0.2) is 0 Å². The molecule has 158 valence electrons. The lowest BCUT2D eigenvalue weighted by Gasteiger charge is -2.08. The number of hydrogen-bond acceptors (Lipinski definition) is 0. The van der Waals surface area contributed by atoms with Crippen molar-refractivity contribution >= 4 is 0 Å². The van der Waals surface area contributed by atoms with E-state index in [9.17, 15) is 0 Å². The highest BCUT2D eigenvalue weighted by atomic mass is 15.1. The standard InChI is InChI=1S/C25H49N2/c1-5-7-9-11-12-13-14-15-17-19-21-27-23-22-26(25(27)24(3)4)20-18-16-10-8-6-2/h22-24H,5-21H2,1-4H3/q+1. The molecule has 1 rings (SSSR count). The summed E-state index contributed by atoms with van der Waals surface area (Å²) in [5, 5.41) is 0. The quantitative estimate of drug-likeness (QED) is 0.182. The van der Waals surface area contributed by atoms with E-state index in [1.54, 1.807) is 0 Å². The van der Waals surface area contributed by atoms with E-state index in [4.69, 9.17) is 0 Å². The molecule has 0 spiro atoms. The van der Waals surface area contributed by atoms with Crippen molar-refractivity contribution in [3.63, 3.8) is 0 Å². The molecule has 0 saturated carbocycles. The number of rotatable bonds is 18. The Morgan fingerprint density at radius 2 is 1.19 bits per heavy atom. The summed E-state index contributed by atoms with van der Waals surface area (Å²) in [4.78, 5) is 0. The number of aromatic nitrogens is 2. The molecule has 1 aromatic rings. The molecule has 0 saturated heterocycles. The van der Waals surface area contributed by atoms with E-state index >= 15 is 0 Å². The highest BCUT2D eigenvalue weighted by molar-refractivity contribution is 4.89. The lowest BCUT2D eigenvalue weighted by atomic mass is 10.1. The molecule has 2 nitrogen and oxygen atoms in total. The van der Waals surface area contributed by atoms with Gasteiger partial charge in [0.05, 0.1) is 19.0 Å². The third-order valence-electron chi connectivity index (χ3n) is 5.79. The van der Waals surface area contributed by atoms with Gasteiger partial charge in [0, 0.05) is 0 Å². The second kappa shape index (κ2) is 16.2. The van der Waals surface area contributed by atoms with Crippen molar-refractivity contribution in [3.8, 4) is 0 Å². The Morgan fingerprint density at radius 1 is 0.704 bits per heavy atom. The fourth-order valence-electron chi connectivity index (χ4n) is 4.18. The summed E-state index contributed by atoms with van der Waals surface area (Å²) in [6.07, 6.45) is 25.6. The highest BCUT2D eigenvalue weighted by Gasteiger charge is 2.19. The summed E-state index contributed by atoms with van der Waals surface area (Å²) in [6, 6.07) is 0. The van der Waals surface area contributed by atoms with Crippen molar-refractivity contribution in [3.05, 3.63) is 18.2 Å². The third-order valence-corrected chi connectivity index (χ3v) is 5.79. The minimum absolute atomic E-state index is 0.610. The van der Waals surface area contributed by atoms with Gasteiger partial charge in [0.25, 0.3) is 5.82 Å². The monoisotopic (exact) mass is 377 g/mol. The van der Waals surface area contributed by atoms with Gasteiger partial charge < -0.3 is 0 Å². The number of unbranched alkanes of at least 4 members (excludes halogenated alkanes) is 13. The van der Waals surface area contributed by atoms with Crippen LogP contribution in [0.5, 0.6) is 0 Å². The van der Waals surface area contributed by atoms with Crippen molar-refractivity contribution < 1.29 is 4.57 Å². The van der Waals surface area contributed by atoms with Gasteiger partial charge in [-0.2, -0.15) is 0 Å². The Kier molecular flexibility index (Phi) is 14.5. The van der Waals surface area contributed by atoms with Crippen LogP contribution >= 0.6 is 0 Å². The molecule has 0 aliphatic heterocycles. The fourth-order valence-corrected chi connectivity index (χ4v) is 4.18. The molecule has 0 bridgehead atoms. The van der Waals surface area contributed by atoms with E-state index in [1.165, 1.54) is 115 Å². The first kappa shape index (κ1) is 24.2. The summed E-state index contributed by atoms with van der Waals surface area (Å²) in [5.74, 6) is 2.14. The average molecular weight is 378 g/mol. The molecule has 0 atom stereocenters. The van der Waals surface area contributed by atoms with Crippen molar-refractivity contribution in [1.29, 1.82) is 0 Å². The highest BCUT2D eigenvalue weighted by Crippen LogP contribution is 2.14. The normalized spacial score (nSPS) is 11.6. The van der Waals surface area contributed by atoms with Gasteiger partial charge in [-0.1, -0.05) is 98.3 Å². The zero-order valence-electron chi connectivity index (χ0n) is 19.1. The predicted molar refractivity (Wildman–Crippen MR) is 119 cm³/mol. The maximum Gasteiger partial charge on any atom is 0.258 e. The maximum atomic E-state index is 2.53. The molecule has 0 amide bonds. The van der Waals surface area contributed by atoms with Crippen LogP contribution in [0.15, 0.2) is 12.4 Å². The Bertz CT molecular complexity index is 447. The predicted octanol–water partition coefficient (Wildman–Crippen LogP) is 7.79. The summed E-state index contributed by atoms with van der Waals surface area (Å²) < 4.78 is 5.05. The van der Waals surface area contributed by atoms with Crippen LogP contribution in [0.3, 0.4) is 0 Å².